The minimum absolute atomic E-state index is 0.741. The summed E-state index contributed by atoms with van der Waals surface area (Å²) in [5.74, 6) is 0.741. The molecule has 2 rings (SSSR count). The van der Waals surface area contributed by atoms with Gasteiger partial charge in [-0.15, -0.1) is 11.3 Å². The van der Waals surface area contributed by atoms with E-state index in [1.807, 2.05) is 12.1 Å². The molecule has 14 heavy (non-hydrogen) atoms. The van der Waals surface area contributed by atoms with Crippen LogP contribution < -0.4 is 0 Å². The van der Waals surface area contributed by atoms with E-state index < -0.39 is 5.60 Å². The van der Waals surface area contributed by atoms with Crippen LogP contribution in [0.25, 0.3) is 10.8 Å². The zero-order valence-electron chi connectivity index (χ0n) is 8.02. The first-order valence-corrected chi connectivity index (χ1v) is 5.11. The molecule has 3 nitrogen and oxygen atoms in total. The smallest absolute Gasteiger partial charge is 0.162 e. The number of hydrogen-bond donors (Lipinski definition) is 1. The lowest BCUT2D eigenvalue weighted by molar-refractivity contribution is 0.0823. The van der Waals surface area contributed by atoms with Crippen LogP contribution in [-0.4, -0.2) is 10.1 Å². The van der Waals surface area contributed by atoms with Crippen LogP contribution in [0.3, 0.4) is 0 Å². The van der Waals surface area contributed by atoms with Crippen molar-refractivity contribution in [3.05, 3.63) is 29.5 Å². The number of thiazole rings is 1. The molecule has 0 aromatic carbocycles. The molecule has 0 aliphatic heterocycles. The second-order valence-electron chi connectivity index (χ2n) is 3.57. The normalized spacial score (nSPS) is 11.9. The first-order chi connectivity index (χ1) is 6.57. The molecular formula is C10H11NO2S. The van der Waals surface area contributed by atoms with Crippen LogP contribution in [0, 0.1) is 0 Å². The fourth-order valence-corrected chi connectivity index (χ4v) is 1.96. The maximum absolute atomic E-state index is 9.74. The number of rotatable bonds is 2. The van der Waals surface area contributed by atoms with Crippen molar-refractivity contribution in [2.24, 2.45) is 0 Å². The van der Waals surface area contributed by atoms with Gasteiger partial charge in [0.15, 0.2) is 10.8 Å². The molecule has 1 N–H and O–H groups in total. The van der Waals surface area contributed by atoms with Gasteiger partial charge in [0.2, 0.25) is 0 Å². The third kappa shape index (κ3) is 1.71. The fourth-order valence-electron chi connectivity index (χ4n) is 1.07. The second kappa shape index (κ2) is 3.22. The molecule has 0 aliphatic carbocycles. The minimum Gasteiger partial charge on any atom is -0.462 e. The van der Waals surface area contributed by atoms with E-state index in [2.05, 4.69) is 4.98 Å². The third-order valence-electron chi connectivity index (χ3n) is 1.84. The maximum Gasteiger partial charge on any atom is 0.162 e. The number of aromatic nitrogens is 1. The monoisotopic (exact) mass is 209 g/mol. The Balaban J connectivity index is 2.36. The standard InChI is InChI=1S/C10H11NO2S/c1-10(2,12)8-6-11-9(14-8)7-4-3-5-13-7/h3-6,12H,1-2H3. The molecular weight excluding hydrogens is 198 g/mol. The van der Waals surface area contributed by atoms with E-state index >= 15 is 0 Å². The summed E-state index contributed by atoms with van der Waals surface area (Å²) < 4.78 is 5.21. The van der Waals surface area contributed by atoms with Gasteiger partial charge in [-0.3, -0.25) is 0 Å². The predicted octanol–water partition coefficient (Wildman–Crippen LogP) is 2.63. The highest BCUT2D eigenvalue weighted by atomic mass is 32.1. The van der Waals surface area contributed by atoms with Crippen molar-refractivity contribution in [1.29, 1.82) is 0 Å². The number of nitrogens with zero attached hydrogens (tertiary/aromatic N) is 1. The number of aliphatic hydroxyl groups is 1. The largest absolute Gasteiger partial charge is 0.462 e. The first kappa shape index (κ1) is 9.43. The molecule has 0 bridgehead atoms. The molecule has 0 unspecified atom stereocenters. The van der Waals surface area contributed by atoms with Gasteiger partial charge in [-0.2, -0.15) is 0 Å². The SMILES string of the molecule is CC(C)(O)c1cnc(-c2ccco2)s1. The van der Waals surface area contributed by atoms with Crippen LogP contribution >= 0.6 is 11.3 Å². The molecule has 0 spiro atoms. The van der Waals surface area contributed by atoms with Gasteiger partial charge in [0, 0.05) is 6.20 Å². The average Bonchev–Trinajstić information content (AvgIpc) is 2.73. The quantitative estimate of drug-likeness (QED) is 0.827. The summed E-state index contributed by atoms with van der Waals surface area (Å²) in [5.41, 5.74) is -0.831. The molecule has 0 saturated heterocycles. The molecule has 4 heteroatoms. The van der Waals surface area contributed by atoms with Gasteiger partial charge in [0.1, 0.15) is 0 Å². The molecule has 2 aromatic rings. The summed E-state index contributed by atoms with van der Waals surface area (Å²) in [6, 6.07) is 3.67. The van der Waals surface area contributed by atoms with Crippen molar-refractivity contribution in [2.45, 2.75) is 19.4 Å². The van der Waals surface area contributed by atoms with E-state index in [-0.39, 0.29) is 0 Å². The van der Waals surface area contributed by atoms with Gasteiger partial charge in [0.25, 0.3) is 0 Å². The molecule has 0 fully saturated rings. The summed E-state index contributed by atoms with van der Waals surface area (Å²) in [7, 11) is 0. The molecule has 0 saturated carbocycles. The van der Waals surface area contributed by atoms with E-state index in [4.69, 9.17) is 4.42 Å². The van der Waals surface area contributed by atoms with Crippen LogP contribution in [0.1, 0.15) is 18.7 Å². The maximum atomic E-state index is 9.74. The highest BCUT2D eigenvalue weighted by Gasteiger charge is 2.20. The first-order valence-electron chi connectivity index (χ1n) is 4.30. The lowest BCUT2D eigenvalue weighted by Gasteiger charge is -2.12. The van der Waals surface area contributed by atoms with E-state index in [1.54, 1.807) is 26.3 Å². The van der Waals surface area contributed by atoms with Gasteiger partial charge in [-0.1, -0.05) is 0 Å². The van der Waals surface area contributed by atoms with Gasteiger partial charge in [0.05, 0.1) is 16.7 Å². The van der Waals surface area contributed by atoms with Crippen molar-refractivity contribution < 1.29 is 9.52 Å². The van der Waals surface area contributed by atoms with Gasteiger partial charge in [-0.05, 0) is 26.0 Å². The Morgan fingerprint density at radius 3 is 2.79 bits per heavy atom. The van der Waals surface area contributed by atoms with Crippen LogP contribution in [0.15, 0.2) is 29.0 Å². The molecule has 0 amide bonds. The topological polar surface area (TPSA) is 46.3 Å². The second-order valence-corrected chi connectivity index (χ2v) is 4.60. The van der Waals surface area contributed by atoms with E-state index in [0.717, 1.165) is 15.6 Å². The molecule has 0 aliphatic rings. The number of hydrogen-bond acceptors (Lipinski definition) is 4. The van der Waals surface area contributed by atoms with Gasteiger partial charge >= 0.3 is 0 Å². The molecule has 2 aromatic heterocycles. The van der Waals surface area contributed by atoms with E-state index in [9.17, 15) is 5.11 Å². The summed E-state index contributed by atoms with van der Waals surface area (Å²) in [4.78, 5) is 5.03. The van der Waals surface area contributed by atoms with Crippen LogP contribution in [0.4, 0.5) is 0 Å². The third-order valence-corrected chi connectivity index (χ3v) is 3.17. The zero-order valence-corrected chi connectivity index (χ0v) is 8.84. The van der Waals surface area contributed by atoms with Crippen molar-refractivity contribution >= 4 is 11.3 Å². The molecule has 74 valence electrons. The highest BCUT2D eigenvalue weighted by Crippen LogP contribution is 2.31. The summed E-state index contributed by atoms with van der Waals surface area (Å²) in [5, 5.41) is 10.5. The average molecular weight is 209 g/mol. The number of furan rings is 1. The van der Waals surface area contributed by atoms with Crippen LogP contribution in [0.2, 0.25) is 0 Å². The lowest BCUT2D eigenvalue weighted by atomic mass is 10.1. The van der Waals surface area contributed by atoms with Crippen molar-refractivity contribution in [1.82, 2.24) is 4.98 Å². The molecule has 0 atom stereocenters. The van der Waals surface area contributed by atoms with Gasteiger partial charge < -0.3 is 9.52 Å². The lowest BCUT2D eigenvalue weighted by Crippen LogP contribution is -2.12. The molecule has 0 radical (unpaired) electrons. The fraction of sp³-hybridized carbons (Fsp3) is 0.300. The Labute approximate surface area is 86.0 Å². The Kier molecular flexibility index (Phi) is 2.17. The summed E-state index contributed by atoms with van der Waals surface area (Å²) in [6.45, 7) is 3.48. The van der Waals surface area contributed by atoms with Crippen molar-refractivity contribution in [3.8, 4) is 10.8 Å². The summed E-state index contributed by atoms with van der Waals surface area (Å²) in [6.07, 6.45) is 3.29. The predicted molar refractivity (Wildman–Crippen MR) is 55.1 cm³/mol. The minimum atomic E-state index is -0.831. The Bertz CT molecular complexity index is 412. The Morgan fingerprint density at radius 2 is 2.29 bits per heavy atom. The Hall–Kier alpha value is -1.13. The van der Waals surface area contributed by atoms with Crippen LogP contribution in [-0.2, 0) is 5.60 Å². The Morgan fingerprint density at radius 1 is 1.50 bits per heavy atom. The van der Waals surface area contributed by atoms with Crippen LogP contribution in [0.5, 0.6) is 0 Å². The zero-order chi connectivity index (χ0) is 10.2. The van der Waals surface area contributed by atoms with Gasteiger partial charge in [-0.25, -0.2) is 4.98 Å². The molecule has 2 heterocycles. The highest BCUT2D eigenvalue weighted by molar-refractivity contribution is 7.15. The van der Waals surface area contributed by atoms with Crippen molar-refractivity contribution in [2.75, 3.05) is 0 Å². The van der Waals surface area contributed by atoms with E-state index in [1.165, 1.54) is 11.3 Å². The van der Waals surface area contributed by atoms with Crippen molar-refractivity contribution in [3.63, 3.8) is 0 Å². The van der Waals surface area contributed by atoms with E-state index in [0.29, 0.717) is 0 Å². The summed E-state index contributed by atoms with van der Waals surface area (Å²) >= 11 is 1.44.